The molecule has 0 saturated heterocycles. The van der Waals surface area contributed by atoms with Crippen molar-refractivity contribution in [3.8, 4) is 0 Å². The van der Waals surface area contributed by atoms with E-state index in [0.717, 1.165) is 25.1 Å². The van der Waals surface area contributed by atoms with Crippen LogP contribution < -0.4 is 0 Å². The molecule has 0 aliphatic rings. The molecule has 0 unspecified atom stereocenters. The number of unbranched alkanes of at least 4 members (excludes halogenated alkanes) is 1. The number of hydrogen-bond donors (Lipinski definition) is 0. The fourth-order valence-corrected chi connectivity index (χ4v) is 3.80. The lowest BCUT2D eigenvalue weighted by Gasteiger charge is -2.28. The van der Waals surface area contributed by atoms with Gasteiger partial charge in [0.15, 0.2) is 0 Å². The maximum Gasteiger partial charge on any atom is 0.242 e. The molecule has 6 heteroatoms. The van der Waals surface area contributed by atoms with Crippen molar-refractivity contribution in [2.45, 2.75) is 53.6 Å². The molecule has 2 amide bonds. The van der Waals surface area contributed by atoms with Crippen molar-refractivity contribution in [2.75, 3.05) is 25.5 Å². The highest BCUT2D eigenvalue weighted by molar-refractivity contribution is 6.27. The second-order valence-corrected chi connectivity index (χ2v) is 8.85. The van der Waals surface area contributed by atoms with Gasteiger partial charge in [0, 0.05) is 31.5 Å². The molecule has 1 aromatic carbocycles. The van der Waals surface area contributed by atoms with Crippen LogP contribution in [0.5, 0.6) is 0 Å². The Kier molecular flexibility index (Phi) is 10.1. The minimum absolute atomic E-state index is 0.0316. The highest BCUT2D eigenvalue weighted by atomic mass is 35.5. The van der Waals surface area contributed by atoms with Gasteiger partial charge in [0.25, 0.3) is 0 Å². The van der Waals surface area contributed by atoms with E-state index in [1.165, 1.54) is 11.1 Å². The summed E-state index contributed by atoms with van der Waals surface area (Å²) in [5, 5.41) is 0. The van der Waals surface area contributed by atoms with E-state index < -0.39 is 0 Å². The van der Waals surface area contributed by atoms with Crippen molar-refractivity contribution in [2.24, 2.45) is 5.92 Å². The molecule has 2 rings (SSSR count). The summed E-state index contributed by atoms with van der Waals surface area (Å²) in [4.78, 5) is 28.9. The third kappa shape index (κ3) is 8.06. The Balaban J connectivity index is 2.14. The van der Waals surface area contributed by atoms with Crippen molar-refractivity contribution in [3.05, 3.63) is 59.4 Å². The van der Waals surface area contributed by atoms with Crippen LogP contribution in [0.2, 0.25) is 0 Å². The van der Waals surface area contributed by atoms with Crippen LogP contribution in [0.25, 0.3) is 0 Å². The van der Waals surface area contributed by atoms with Gasteiger partial charge in [-0.25, -0.2) is 0 Å². The number of benzene rings is 1. The second-order valence-electron chi connectivity index (χ2n) is 8.59. The predicted molar refractivity (Wildman–Crippen MR) is 127 cm³/mol. The number of halogens is 1. The molecule has 0 N–H and O–H groups in total. The summed E-state index contributed by atoms with van der Waals surface area (Å²) in [7, 11) is 0. The van der Waals surface area contributed by atoms with Crippen LogP contribution in [0, 0.1) is 12.8 Å². The average Bonchev–Trinajstić information content (AvgIpc) is 3.16. The van der Waals surface area contributed by atoms with Gasteiger partial charge in [-0.15, -0.1) is 11.6 Å². The minimum atomic E-state index is -0.193. The lowest BCUT2D eigenvalue weighted by molar-refractivity contribution is -0.140. The Morgan fingerprint density at radius 1 is 1.10 bits per heavy atom. The van der Waals surface area contributed by atoms with Gasteiger partial charge in [-0.05, 0) is 37.0 Å². The molecule has 0 spiro atoms. The zero-order valence-corrected chi connectivity index (χ0v) is 20.1. The van der Waals surface area contributed by atoms with Gasteiger partial charge in [0.1, 0.15) is 5.88 Å². The van der Waals surface area contributed by atoms with Crippen LogP contribution in [0.1, 0.15) is 50.4 Å². The molecule has 1 heterocycles. The van der Waals surface area contributed by atoms with Crippen molar-refractivity contribution < 1.29 is 9.59 Å². The molecule has 31 heavy (non-hydrogen) atoms. The quantitative estimate of drug-likeness (QED) is 0.444. The fourth-order valence-electron chi connectivity index (χ4n) is 3.63. The van der Waals surface area contributed by atoms with Crippen molar-refractivity contribution in [1.29, 1.82) is 0 Å². The zero-order valence-electron chi connectivity index (χ0n) is 19.3. The Bertz CT molecular complexity index is 847. The van der Waals surface area contributed by atoms with Crippen LogP contribution in [0.15, 0.2) is 42.6 Å². The summed E-state index contributed by atoms with van der Waals surface area (Å²) < 4.78 is 2.19. The van der Waals surface area contributed by atoms with E-state index in [1.54, 1.807) is 4.90 Å². The fraction of sp³-hybridized carbons (Fsp3) is 0.520. The summed E-state index contributed by atoms with van der Waals surface area (Å²) in [6.45, 7) is 10.9. The number of rotatable bonds is 12. The first-order valence-corrected chi connectivity index (χ1v) is 11.7. The molecule has 1 aromatic heterocycles. The smallest absolute Gasteiger partial charge is 0.242 e. The molecule has 170 valence electrons. The first kappa shape index (κ1) is 25.0. The number of aromatic nitrogens is 1. The van der Waals surface area contributed by atoms with Crippen molar-refractivity contribution >= 4 is 23.4 Å². The normalized spacial score (nSPS) is 11.0. The van der Waals surface area contributed by atoms with E-state index in [2.05, 4.69) is 54.9 Å². The zero-order chi connectivity index (χ0) is 22.8. The van der Waals surface area contributed by atoms with Crippen LogP contribution >= 0.6 is 11.6 Å². The molecule has 0 aliphatic heterocycles. The monoisotopic (exact) mass is 445 g/mol. The number of nitrogens with zero attached hydrogens (tertiary/aromatic N) is 3. The van der Waals surface area contributed by atoms with Crippen LogP contribution in [-0.2, 0) is 22.7 Å². The van der Waals surface area contributed by atoms with Gasteiger partial charge in [-0.1, -0.05) is 57.0 Å². The van der Waals surface area contributed by atoms with Gasteiger partial charge in [-0.2, -0.15) is 0 Å². The van der Waals surface area contributed by atoms with Gasteiger partial charge in [0.05, 0.1) is 13.1 Å². The maximum atomic E-state index is 13.2. The standard InChI is InChI=1S/C25H36ClN3O2/c1-5-6-12-28(25(31)19-29(16-20(2)3)24(30)15-26)18-23-11-8-13-27(23)17-22-10-7-9-21(4)14-22/h7-11,13-14,20H,5-6,12,15-19H2,1-4H3. The van der Waals surface area contributed by atoms with E-state index in [4.69, 9.17) is 11.6 Å². The topological polar surface area (TPSA) is 45.6 Å². The number of amides is 2. The predicted octanol–water partition coefficient (Wildman–Crippen LogP) is 4.70. The van der Waals surface area contributed by atoms with Crippen LogP contribution in [0.4, 0.5) is 0 Å². The lowest BCUT2D eigenvalue weighted by atomic mass is 10.1. The molecule has 0 fully saturated rings. The molecule has 0 atom stereocenters. The van der Waals surface area contributed by atoms with E-state index in [-0.39, 0.29) is 30.2 Å². The van der Waals surface area contributed by atoms with Crippen LogP contribution in [0.3, 0.4) is 0 Å². The number of carbonyl (C=O) groups is 2. The summed E-state index contributed by atoms with van der Waals surface area (Å²) >= 11 is 5.78. The molecule has 0 bridgehead atoms. The molecule has 2 aromatic rings. The van der Waals surface area contributed by atoms with Crippen molar-refractivity contribution in [1.82, 2.24) is 14.4 Å². The Morgan fingerprint density at radius 3 is 2.52 bits per heavy atom. The summed E-state index contributed by atoms with van der Waals surface area (Å²) in [5.74, 6) is -0.0534. The van der Waals surface area contributed by atoms with Gasteiger partial charge in [0.2, 0.25) is 11.8 Å². The van der Waals surface area contributed by atoms with E-state index >= 15 is 0 Å². The first-order valence-electron chi connectivity index (χ1n) is 11.1. The average molecular weight is 446 g/mol. The van der Waals surface area contributed by atoms with Crippen molar-refractivity contribution in [3.63, 3.8) is 0 Å². The first-order chi connectivity index (χ1) is 14.8. The lowest BCUT2D eigenvalue weighted by Crippen LogP contribution is -2.45. The number of hydrogen-bond acceptors (Lipinski definition) is 2. The summed E-state index contributed by atoms with van der Waals surface area (Å²) in [6, 6.07) is 12.6. The largest absolute Gasteiger partial charge is 0.345 e. The molecule has 0 radical (unpaired) electrons. The Labute approximate surface area is 192 Å². The van der Waals surface area contributed by atoms with E-state index in [1.807, 2.05) is 24.8 Å². The maximum absolute atomic E-state index is 13.2. The van der Waals surface area contributed by atoms with Crippen LogP contribution in [-0.4, -0.2) is 51.7 Å². The molecule has 0 aliphatic carbocycles. The Hall–Kier alpha value is -2.27. The molecule has 5 nitrogen and oxygen atoms in total. The highest BCUT2D eigenvalue weighted by Crippen LogP contribution is 2.13. The third-order valence-corrected chi connectivity index (χ3v) is 5.45. The minimum Gasteiger partial charge on any atom is -0.345 e. The van der Waals surface area contributed by atoms with Gasteiger partial charge in [-0.3, -0.25) is 9.59 Å². The number of alkyl halides is 1. The van der Waals surface area contributed by atoms with E-state index in [9.17, 15) is 9.59 Å². The summed E-state index contributed by atoms with van der Waals surface area (Å²) in [5.41, 5.74) is 3.56. The van der Waals surface area contributed by atoms with Gasteiger partial charge >= 0.3 is 0 Å². The summed E-state index contributed by atoms with van der Waals surface area (Å²) in [6.07, 6.45) is 3.99. The van der Waals surface area contributed by atoms with E-state index in [0.29, 0.717) is 19.6 Å². The van der Waals surface area contributed by atoms with Gasteiger partial charge < -0.3 is 14.4 Å². The molecular weight excluding hydrogens is 410 g/mol. The number of aryl methyl sites for hydroxylation is 1. The highest BCUT2D eigenvalue weighted by Gasteiger charge is 2.22. The number of carbonyl (C=O) groups excluding carboxylic acids is 2. The SMILES string of the molecule is CCCCN(Cc1cccn1Cc1cccc(C)c1)C(=O)CN(CC(C)C)C(=O)CCl. The Morgan fingerprint density at radius 2 is 1.87 bits per heavy atom. The second kappa shape index (κ2) is 12.6. The molecular formula is C25H36ClN3O2. The molecule has 0 saturated carbocycles. The third-order valence-electron chi connectivity index (χ3n) is 5.22.